The Morgan fingerprint density at radius 1 is 1.27 bits per heavy atom. The predicted octanol–water partition coefficient (Wildman–Crippen LogP) is 4.62. The van der Waals surface area contributed by atoms with Gasteiger partial charge in [-0.25, -0.2) is 0 Å². The van der Waals surface area contributed by atoms with Crippen molar-refractivity contribution >= 4 is 10.9 Å². The summed E-state index contributed by atoms with van der Waals surface area (Å²) < 4.78 is 39.7. The quantitative estimate of drug-likeness (QED) is 0.819. The molecule has 1 N–H and O–H groups in total. The summed E-state index contributed by atoms with van der Waals surface area (Å²) in [6, 6.07) is 5.69. The highest BCUT2D eigenvalue weighted by molar-refractivity contribution is 5.83. The second-order valence-corrected chi connectivity index (χ2v) is 6.52. The lowest BCUT2D eigenvalue weighted by Gasteiger charge is -2.30. The molecular formula is C17H18F3NO. The molecule has 0 spiro atoms. The van der Waals surface area contributed by atoms with Gasteiger partial charge in [0, 0.05) is 17.0 Å². The molecule has 1 aliphatic carbocycles. The van der Waals surface area contributed by atoms with Crippen molar-refractivity contribution in [1.82, 2.24) is 4.98 Å². The Labute approximate surface area is 126 Å². The molecule has 1 saturated carbocycles. The SMILES string of the molecule is CC1CCCC1(C)c1ccc2[nH]c(=O)cc(C(F)(F)F)c2c1. The van der Waals surface area contributed by atoms with Crippen LogP contribution in [0.1, 0.15) is 44.2 Å². The first-order valence-corrected chi connectivity index (χ1v) is 7.46. The maximum absolute atomic E-state index is 13.2. The van der Waals surface area contributed by atoms with E-state index < -0.39 is 17.3 Å². The van der Waals surface area contributed by atoms with Crippen molar-refractivity contribution in [3.05, 3.63) is 45.7 Å². The molecule has 0 saturated heterocycles. The fraction of sp³-hybridized carbons (Fsp3) is 0.471. The van der Waals surface area contributed by atoms with Crippen LogP contribution in [0.2, 0.25) is 0 Å². The van der Waals surface area contributed by atoms with Crippen molar-refractivity contribution in [3.63, 3.8) is 0 Å². The summed E-state index contributed by atoms with van der Waals surface area (Å²) in [6.45, 7) is 4.26. The summed E-state index contributed by atoms with van der Waals surface area (Å²) in [5.74, 6) is 0.432. The van der Waals surface area contributed by atoms with E-state index in [2.05, 4.69) is 18.8 Å². The van der Waals surface area contributed by atoms with E-state index in [9.17, 15) is 18.0 Å². The number of fused-ring (bicyclic) bond motifs is 1. The van der Waals surface area contributed by atoms with E-state index >= 15 is 0 Å². The van der Waals surface area contributed by atoms with Gasteiger partial charge in [0.1, 0.15) is 0 Å². The zero-order valence-corrected chi connectivity index (χ0v) is 12.6. The molecule has 0 aliphatic heterocycles. The first kappa shape index (κ1) is 15.1. The highest BCUT2D eigenvalue weighted by Crippen LogP contribution is 2.46. The van der Waals surface area contributed by atoms with Crippen molar-refractivity contribution < 1.29 is 13.2 Å². The molecule has 0 radical (unpaired) electrons. The highest BCUT2D eigenvalue weighted by Gasteiger charge is 2.38. The normalized spacial score (nSPS) is 25.8. The number of nitrogens with one attached hydrogen (secondary N) is 1. The molecule has 1 heterocycles. The number of aromatic nitrogens is 1. The Morgan fingerprint density at radius 3 is 2.59 bits per heavy atom. The molecule has 2 nitrogen and oxygen atoms in total. The Kier molecular flexibility index (Phi) is 3.34. The predicted molar refractivity (Wildman–Crippen MR) is 79.9 cm³/mol. The smallest absolute Gasteiger partial charge is 0.322 e. The molecule has 2 unspecified atom stereocenters. The Hall–Kier alpha value is -1.78. The fourth-order valence-electron chi connectivity index (χ4n) is 3.61. The van der Waals surface area contributed by atoms with Gasteiger partial charge in [-0.05, 0) is 41.9 Å². The van der Waals surface area contributed by atoms with Gasteiger partial charge in [-0.15, -0.1) is 0 Å². The van der Waals surface area contributed by atoms with Crippen LogP contribution in [-0.2, 0) is 11.6 Å². The molecule has 0 bridgehead atoms. The second kappa shape index (κ2) is 4.86. The van der Waals surface area contributed by atoms with Crippen LogP contribution in [0, 0.1) is 5.92 Å². The van der Waals surface area contributed by atoms with Crippen LogP contribution in [0.5, 0.6) is 0 Å². The summed E-state index contributed by atoms with van der Waals surface area (Å²) in [5, 5.41) is 0.0740. The maximum atomic E-state index is 13.2. The van der Waals surface area contributed by atoms with Crippen LogP contribution in [-0.4, -0.2) is 4.98 Å². The number of alkyl halides is 3. The van der Waals surface area contributed by atoms with E-state index in [0.29, 0.717) is 12.0 Å². The van der Waals surface area contributed by atoms with Crippen LogP contribution >= 0.6 is 0 Å². The Balaban J connectivity index is 2.25. The van der Waals surface area contributed by atoms with Gasteiger partial charge >= 0.3 is 6.18 Å². The summed E-state index contributed by atoms with van der Waals surface area (Å²) in [6.07, 6.45) is -1.38. The zero-order chi connectivity index (χ0) is 16.1. The average Bonchev–Trinajstić information content (AvgIpc) is 2.77. The van der Waals surface area contributed by atoms with E-state index in [1.807, 2.05) is 6.07 Å². The fourth-order valence-corrected chi connectivity index (χ4v) is 3.61. The van der Waals surface area contributed by atoms with Gasteiger partial charge in [-0.1, -0.05) is 26.3 Å². The molecule has 0 amide bonds. The molecule has 2 atom stereocenters. The first-order chi connectivity index (χ1) is 10.2. The standard InChI is InChI=1S/C17H18F3NO/c1-10-4-3-7-16(10,2)11-5-6-14-12(8-11)13(17(18,19)20)9-15(22)21-14/h5-6,8-10H,3-4,7H2,1-2H3,(H,21,22). The number of hydrogen-bond donors (Lipinski definition) is 1. The maximum Gasteiger partial charge on any atom is 0.417 e. The van der Waals surface area contributed by atoms with Gasteiger partial charge in [0.15, 0.2) is 0 Å². The molecule has 2 aromatic rings. The minimum absolute atomic E-state index is 0.0740. The molecule has 1 aromatic heterocycles. The number of hydrogen-bond acceptors (Lipinski definition) is 1. The summed E-state index contributed by atoms with van der Waals surface area (Å²) in [7, 11) is 0. The van der Waals surface area contributed by atoms with E-state index in [-0.39, 0.29) is 16.3 Å². The Bertz CT molecular complexity index is 778. The second-order valence-electron chi connectivity index (χ2n) is 6.52. The molecule has 1 fully saturated rings. The van der Waals surface area contributed by atoms with Crippen molar-refractivity contribution in [2.45, 2.75) is 44.7 Å². The van der Waals surface area contributed by atoms with Crippen molar-refractivity contribution in [1.29, 1.82) is 0 Å². The lowest BCUT2D eigenvalue weighted by atomic mass is 9.74. The number of rotatable bonds is 1. The van der Waals surface area contributed by atoms with Gasteiger partial charge in [-0.2, -0.15) is 13.2 Å². The number of aromatic amines is 1. The third-order valence-corrected chi connectivity index (χ3v) is 5.23. The summed E-state index contributed by atoms with van der Waals surface area (Å²) in [4.78, 5) is 13.9. The van der Waals surface area contributed by atoms with Crippen LogP contribution in [0.25, 0.3) is 10.9 Å². The van der Waals surface area contributed by atoms with Crippen LogP contribution in [0.3, 0.4) is 0 Å². The third kappa shape index (κ3) is 2.32. The molecule has 1 aliphatic rings. The summed E-state index contributed by atoms with van der Waals surface area (Å²) in [5.41, 5.74) is -0.538. The monoisotopic (exact) mass is 309 g/mol. The minimum Gasteiger partial charge on any atom is -0.322 e. The van der Waals surface area contributed by atoms with Crippen molar-refractivity contribution in [2.24, 2.45) is 5.92 Å². The molecule has 118 valence electrons. The van der Waals surface area contributed by atoms with Crippen molar-refractivity contribution in [3.8, 4) is 0 Å². The van der Waals surface area contributed by atoms with Gasteiger partial charge in [-0.3, -0.25) is 4.79 Å². The van der Waals surface area contributed by atoms with Crippen LogP contribution < -0.4 is 5.56 Å². The molecule has 1 aromatic carbocycles. The molecule has 22 heavy (non-hydrogen) atoms. The van der Waals surface area contributed by atoms with Gasteiger partial charge in [0.2, 0.25) is 5.56 Å². The lowest BCUT2D eigenvalue weighted by Crippen LogP contribution is -2.25. The van der Waals surface area contributed by atoms with Crippen molar-refractivity contribution in [2.75, 3.05) is 0 Å². The lowest BCUT2D eigenvalue weighted by molar-refractivity contribution is -0.136. The largest absolute Gasteiger partial charge is 0.417 e. The average molecular weight is 309 g/mol. The Morgan fingerprint density at radius 2 is 2.00 bits per heavy atom. The number of H-pyrrole nitrogens is 1. The minimum atomic E-state index is -4.53. The topological polar surface area (TPSA) is 32.9 Å². The van der Waals surface area contributed by atoms with Crippen LogP contribution in [0.4, 0.5) is 13.2 Å². The highest BCUT2D eigenvalue weighted by atomic mass is 19.4. The third-order valence-electron chi connectivity index (χ3n) is 5.23. The van der Waals surface area contributed by atoms with Gasteiger partial charge in [0.05, 0.1) is 5.56 Å². The van der Waals surface area contributed by atoms with Crippen LogP contribution in [0.15, 0.2) is 29.1 Å². The number of pyridine rings is 1. The molecular weight excluding hydrogens is 291 g/mol. The number of benzene rings is 1. The van der Waals surface area contributed by atoms with E-state index in [4.69, 9.17) is 0 Å². The zero-order valence-electron chi connectivity index (χ0n) is 12.6. The molecule has 3 rings (SSSR count). The first-order valence-electron chi connectivity index (χ1n) is 7.46. The number of halogens is 3. The van der Waals surface area contributed by atoms with E-state index in [0.717, 1.165) is 24.8 Å². The summed E-state index contributed by atoms with van der Waals surface area (Å²) >= 11 is 0. The van der Waals surface area contributed by atoms with Gasteiger partial charge in [0.25, 0.3) is 0 Å². The van der Waals surface area contributed by atoms with E-state index in [1.165, 1.54) is 0 Å². The van der Waals surface area contributed by atoms with E-state index in [1.54, 1.807) is 12.1 Å². The molecule has 5 heteroatoms. The van der Waals surface area contributed by atoms with Gasteiger partial charge < -0.3 is 4.98 Å².